The molecule has 2 rings (SSSR count). The number of benzene rings is 1. The van der Waals surface area contributed by atoms with Crippen LogP contribution >= 0.6 is 11.6 Å². The molecule has 0 bridgehead atoms. The molecule has 1 atom stereocenters. The molecule has 6 heteroatoms. The minimum absolute atomic E-state index is 0.191. The summed E-state index contributed by atoms with van der Waals surface area (Å²) in [7, 11) is 0. The molecule has 1 saturated heterocycles. The average molecular weight is 329 g/mol. The lowest BCUT2D eigenvalue weighted by molar-refractivity contribution is 0.102. The van der Waals surface area contributed by atoms with Gasteiger partial charge in [0.1, 0.15) is 5.82 Å². The molecule has 0 aromatic heterocycles. The summed E-state index contributed by atoms with van der Waals surface area (Å²) in [5.41, 5.74) is 0.855. The maximum atomic E-state index is 13.3. The Kier molecular flexibility index (Phi) is 6.46. The molecule has 0 unspecified atom stereocenters. The highest BCUT2D eigenvalue weighted by Gasteiger charge is 2.14. The van der Waals surface area contributed by atoms with Crippen molar-refractivity contribution in [1.29, 1.82) is 0 Å². The summed E-state index contributed by atoms with van der Waals surface area (Å²) in [6.45, 7) is 3.10. The molecule has 1 heterocycles. The zero-order valence-corrected chi connectivity index (χ0v) is 13.5. The summed E-state index contributed by atoms with van der Waals surface area (Å²) in [5, 5.41) is 5.60. The summed E-state index contributed by atoms with van der Waals surface area (Å²) >= 11 is 5.91. The minimum Gasteiger partial charge on any atom is -0.378 e. The van der Waals surface area contributed by atoms with E-state index < -0.39 is 0 Å². The van der Waals surface area contributed by atoms with Crippen molar-refractivity contribution in [3.05, 3.63) is 28.5 Å². The number of amides is 2. The Labute approximate surface area is 135 Å². The quantitative estimate of drug-likeness (QED) is 0.767. The summed E-state index contributed by atoms with van der Waals surface area (Å²) in [5.74, 6) is -0.384. The van der Waals surface area contributed by atoms with Crippen molar-refractivity contribution >= 4 is 23.3 Å². The number of carbonyl (C=O) groups excluding carboxylic acids is 1. The van der Waals surface area contributed by atoms with Crippen molar-refractivity contribution < 1.29 is 13.9 Å². The fourth-order valence-electron chi connectivity index (χ4n) is 2.49. The molecule has 122 valence electrons. The first-order valence-corrected chi connectivity index (χ1v) is 8.06. The molecule has 0 radical (unpaired) electrons. The second-order valence-corrected chi connectivity index (χ2v) is 6.00. The maximum absolute atomic E-state index is 13.3. The fourth-order valence-corrected chi connectivity index (χ4v) is 2.69. The van der Waals surface area contributed by atoms with Crippen LogP contribution in [0.3, 0.4) is 0 Å². The Morgan fingerprint density at radius 1 is 1.45 bits per heavy atom. The smallest absolute Gasteiger partial charge is 0.319 e. The molecular formula is C16H22ClFN2O2. The first-order chi connectivity index (χ1) is 10.6. The number of rotatable bonds is 6. The van der Waals surface area contributed by atoms with E-state index in [4.69, 9.17) is 16.3 Å². The summed E-state index contributed by atoms with van der Waals surface area (Å²) < 4.78 is 18.8. The zero-order chi connectivity index (χ0) is 15.9. The first kappa shape index (κ1) is 17.0. The number of anilines is 1. The van der Waals surface area contributed by atoms with Gasteiger partial charge in [-0.1, -0.05) is 11.6 Å². The number of hydrogen-bond donors (Lipinski definition) is 2. The minimum atomic E-state index is -0.384. The van der Waals surface area contributed by atoms with Crippen LogP contribution < -0.4 is 10.6 Å². The second kappa shape index (κ2) is 8.34. The SMILES string of the molecule is Cc1cc(NC(=O)NCCCC[C@@H]2CCCO2)c(Cl)cc1F. The molecule has 1 aromatic rings. The van der Waals surface area contributed by atoms with Gasteiger partial charge in [-0.15, -0.1) is 0 Å². The number of urea groups is 1. The molecule has 0 aliphatic carbocycles. The zero-order valence-electron chi connectivity index (χ0n) is 12.8. The van der Waals surface area contributed by atoms with Crippen LogP contribution in [0, 0.1) is 12.7 Å². The second-order valence-electron chi connectivity index (χ2n) is 5.59. The van der Waals surface area contributed by atoms with Crippen LogP contribution in [0.2, 0.25) is 5.02 Å². The van der Waals surface area contributed by atoms with Gasteiger partial charge in [-0.2, -0.15) is 0 Å². The monoisotopic (exact) mass is 328 g/mol. The molecule has 0 spiro atoms. The van der Waals surface area contributed by atoms with Gasteiger partial charge >= 0.3 is 6.03 Å². The van der Waals surface area contributed by atoms with Crippen molar-refractivity contribution in [2.24, 2.45) is 0 Å². The Bertz CT molecular complexity index is 519. The van der Waals surface area contributed by atoms with Crippen molar-refractivity contribution in [3.63, 3.8) is 0 Å². The van der Waals surface area contributed by atoms with E-state index in [1.54, 1.807) is 6.92 Å². The predicted octanol–water partition coefficient (Wildman–Crippen LogP) is 4.26. The molecule has 2 N–H and O–H groups in total. The van der Waals surface area contributed by atoms with E-state index in [0.29, 0.717) is 23.9 Å². The Morgan fingerprint density at radius 2 is 2.27 bits per heavy atom. The van der Waals surface area contributed by atoms with E-state index in [-0.39, 0.29) is 16.9 Å². The van der Waals surface area contributed by atoms with Gasteiger partial charge in [0.2, 0.25) is 0 Å². The molecule has 4 nitrogen and oxygen atoms in total. The average Bonchev–Trinajstić information content (AvgIpc) is 2.97. The van der Waals surface area contributed by atoms with Gasteiger partial charge in [0.15, 0.2) is 0 Å². The van der Waals surface area contributed by atoms with Gasteiger partial charge in [0.05, 0.1) is 16.8 Å². The molecule has 1 aliphatic rings. The Morgan fingerprint density at radius 3 is 3.00 bits per heavy atom. The van der Waals surface area contributed by atoms with Crippen molar-refractivity contribution in [3.8, 4) is 0 Å². The van der Waals surface area contributed by atoms with Crippen LogP contribution in [0.1, 0.15) is 37.7 Å². The lowest BCUT2D eigenvalue weighted by atomic mass is 10.1. The molecule has 1 aliphatic heterocycles. The molecule has 2 amide bonds. The summed E-state index contributed by atoms with van der Waals surface area (Å²) in [4.78, 5) is 11.8. The molecule has 1 aromatic carbocycles. The topological polar surface area (TPSA) is 50.4 Å². The van der Waals surface area contributed by atoms with Gasteiger partial charge < -0.3 is 15.4 Å². The summed E-state index contributed by atoms with van der Waals surface area (Å²) in [6.07, 6.45) is 5.69. The number of hydrogen-bond acceptors (Lipinski definition) is 2. The third-order valence-electron chi connectivity index (χ3n) is 3.76. The Balaban J connectivity index is 1.66. The highest BCUT2D eigenvalue weighted by Crippen LogP contribution is 2.25. The predicted molar refractivity (Wildman–Crippen MR) is 86.0 cm³/mol. The number of aryl methyl sites for hydroxylation is 1. The number of carbonyl (C=O) groups is 1. The lowest BCUT2D eigenvalue weighted by Gasteiger charge is -2.11. The van der Waals surface area contributed by atoms with E-state index >= 15 is 0 Å². The van der Waals surface area contributed by atoms with E-state index in [0.717, 1.165) is 38.7 Å². The van der Waals surface area contributed by atoms with E-state index in [2.05, 4.69) is 10.6 Å². The largest absolute Gasteiger partial charge is 0.378 e. The first-order valence-electron chi connectivity index (χ1n) is 7.68. The van der Waals surface area contributed by atoms with Gasteiger partial charge in [-0.05, 0) is 56.7 Å². The molecule has 1 fully saturated rings. The molecule has 22 heavy (non-hydrogen) atoms. The number of nitrogens with one attached hydrogen (secondary N) is 2. The fraction of sp³-hybridized carbons (Fsp3) is 0.562. The maximum Gasteiger partial charge on any atom is 0.319 e. The van der Waals surface area contributed by atoms with Crippen LogP contribution in [-0.2, 0) is 4.74 Å². The van der Waals surface area contributed by atoms with Crippen molar-refractivity contribution in [2.75, 3.05) is 18.5 Å². The van der Waals surface area contributed by atoms with Crippen molar-refractivity contribution in [1.82, 2.24) is 5.32 Å². The number of halogens is 2. The third kappa shape index (κ3) is 5.14. The molecular weight excluding hydrogens is 307 g/mol. The van der Waals surface area contributed by atoms with Crippen molar-refractivity contribution in [2.45, 2.75) is 45.1 Å². The Hall–Kier alpha value is -1.33. The standard InChI is InChI=1S/C16H22ClFN2O2/c1-11-9-15(13(17)10-14(11)18)20-16(21)19-7-3-2-5-12-6-4-8-22-12/h9-10,12H,2-8H2,1H3,(H2,19,20,21)/t12-/m1/s1. The van der Waals surface area contributed by atoms with Gasteiger partial charge in [0, 0.05) is 13.2 Å². The highest BCUT2D eigenvalue weighted by atomic mass is 35.5. The number of unbranched alkanes of at least 4 members (excludes halogenated alkanes) is 1. The van der Waals surface area contributed by atoms with E-state index in [9.17, 15) is 9.18 Å². The van der Waals surface area contributed by atoms with Crippen LogP contribution in [0.5, 0.6) is 0 Å². The van der Waals surface area contributed by atoms with Gasteiger partial charge in [-0.3, -0.25) is 0 Å². The van der Waals surface area contributed by atoms with Gasteiger partial charge in [-0.25, -0.2) is 9.18 Å². The molecule has 0 saturated carbocycles. The lowest BCUT2D eigenvalue weighted by Crippen LogP contribution is -2.29. The van der Waals surface area contributed by atoms with Crippen LogP contribution in [0.15, 0.2) is 12.1 Å². The van der Waals surface area contributed by atoms with Crippen LogP contribution in [-0.4, -0.2) is 25.3 Å². The highest BCUT2D eigenvalue weighted by molar-refractivity contribution is 6.33. The van der Waals surface area contributed by atoms with Crippen LogP contribution in [0.25, 0.3) is 0 Å². The van der Waals surface area contributed by atoms with E-state index in [1.165, 1.54) is 12.1 Å². The third-order valence-corrected chi connectivity index (χ3v) is 4.07. The summed E-state index contributed by atoms with van der Waals surface area (Å²) in [6, 6.07) is 2.40. The van der Waals surface area contributed by atoms with Crippen LogP contribution in [0.4, 0.5) is 14.9 Å². The normalized spacial score (nSPS) is 17.5. The van der Waals surface area contributed by atoms with E-state index in [1.807, 2.05) is 0 Å². The van der Waals surface area contributed by atoms with Gasteiger partial charge in [0.25, 0.3) is 0 Å². The number of ether oxygens (including phenoxy) is 1.